The number of carbonyl (C=O) groups excluding carboxylic acids is 1. The van der Waals surface area contributed by atoms with E-state index in [1.54, 1.807) is 0 Å². The number of aromatic nitrogens is 2. The number of carbonyl (C=O) groups is 1. The number of ether oxygens (including phenoxy) is 1. The highest BCUT2D eigenvalue weighted by Gasteiger charge is 2.32. The molecular formula is C21H25ClF3N3O2. The minimum absolute atomic E-state index is 0.00620. The van der Waals surface area contributed by atoms with Crippen molar-refractivity contribution in [3.05, 3.63) is 46.1 Å². The van der Waals surface area contributed by atoms with Crippen LogP contribution in [0.15, 0.2) is 24.3 Å². The number of halogens is 4. The van der Waals surface area contributed by atoms with E-state index in [0.717, 1.165) is 62.0 Å². The number of rotatable bonds is 6. The summed E-state index contributed by atoms with van der Waals surface area (Å²) in [5.41, 5.74) is -0.139. The largest absolute Gasteiger partial charge is 0.478 e. The Labute approximate surface area is 178 Å². The molecule has 3 rings (SSSR count). The molecule has 1 fully saturated rings. The second-order valence-electron chi connectivity index (χ2n) is 7.62. The molecule has 1 aromatic heterocycles. The second-order valence-corrected chi connectivity index (χ2v) is 8.03. The van der Waals surface area contributed by atoms with Crippen molar-refractivity contribution in [2.45, 2.75) is 58.3 Å². The van der Waals surface area contributed by atoms with E-state index in [4.69, 9.17) is 16.3 Å². The van der Waals surface area contributed by atoms with Gasteiger partial charge in [-0.1, -0.05) is 11.6 Å². The molecule has 0 atom stereocenters. The van der Waals surface area contributed by atoms with Gasteiger partial charge in [0.15, 0.2) is 0 Å². The molecule has 2 aromatic rings. The van der Waals surface area contributed by atoms with Crippen molar-refractivity contribution in [1.82, 2.24) is 15.1 Å². The Bertz CT molecular complexity index is 890. The first-order valence-corrected chi connectivity index (χ1v) is 10.4. The minimum atomic E-state index is -4.52. The lowest BCUT2D eigenvalue weighted by Crippen LogP contribution is -2.38. The van der Waals surface area contributed by atoms with Crippen molar-refractivity contribution in [2.24, 2.45) is 5.92 Å². The predicted octanol–water partition coefficient (Wildman–Crippen LogP) is 5.25. The molecule has 0 radical (unpaired) electrons. The van der Waals surface area contributed by atoms with Crippen molar-refractivity contribution >= 4 is 17.5 Å². The van der Waals surface area contributed by atoms with E-state index >= 15 is 0 Å². The maximum atomic E-state index is 12.9. The number of alkyl halides is 3. The summed E-state index contributed by atoms with van der Waals surface area (Å²) < 4.78 is 46.3. The fourth-order valence-electron chi connectivity index (χ4n) is 3.79. The van der Waals surface area contributed by atoms with Crippen LogP contribution < -0.4 is 10.1 Å². The Morgan fingerprint density at radius 3 is 2.60 bits per heavy atom. The summed E-state index contributed by atoms with van der Waals surface area (Å²) in [4.78, 5) is 12.5. The number of hydrogen-bond acceptors (Lipinski definition) is 3. The lowest BCUT2D eigenvalue weighted by molar-refractivity contribution is -0.137. The average Bonchev–Trinajstić information content (AvgIpc) is 3.02. The van der Waals surface area contributed by atoms with Crippen molar-refractivity contribution in [2.75, 3.05) is 6.61 Å². The van der Waals surface area contributed by atoms with Gasteiger partial charge in [-0.3, -0.25) is 4.79 Å². The molecule has 1 aliphatic carbocycles. The lowest BCUT2D eigenvalue weighted by Gasteiger charge is -2.29. The van der Waals surface area contributed by atoms with Gasteiger partial charge in [-0.05, 0) is 63.6 Å². The Balaban J connectivity index is 1.57. The molecule has 1 heterocycles. The number of nitrogens with zero attached hydrogens (tertiary/aromatic N) is 2. The Hall–Kier alpha value is -2.22. The van der Waals surface area contributed by atoms with Crippen molar-refractivity contribution in [3.8, 4) is 5.88 Å². The second kappa shape index (κ2) is 9.29. The van der Waals surface area contributed by atoms with Gasteiger partial charge in [0.1, 0.15) is 0 Å². The van der Waals surface area contributed by atoms with Gasteiger partial charge in [0.2, 0.25) is 5.88 Å². The first-order valence-electron chi connectivity index (χ1n) is 10.0. The van der Waals surface area contributed by atoms with Crippen LogP contribution in [0.3, 0.4) is 0 Å². The summed E-state index contributed by atoms with van der Waals surface area (Å²) in [5, 5.41) is 7.33. The van der Waals surface area contributed by atoms with E-state index in [1.165, 1.54) is 0 Å². The Morgan fingerprint density at radius 1 is 1.27 bits per heavy atom. The summed E-state index contributed by atoms with van der Waals surface area (Å²) in [7, 11) is 0. The normalized spacial score (nSPS) is 19.5. The van der Waals surface area contributed by atoms with Crippen LogP contribution in [0.5, 0.6) is 5.88 Å². The van der Waals surface area contributed by atoms with Crippen LogP contribution in [-0.4, -0.2) is 28.3 Å². The van der Waals surface area contributed by atoms with Crippen LogP contribution in [0.2, 0.25) is 5.02 Å². The van der Waals surface area contributed by atoms with Gasteiger partial charge < -0.3 is 10.1 Å². The van der Waals surface area contributed by atoms with E-state index < -0.39 is 17.6 Å². The number of aryl methyl sites for hydroxylation is 1. The molecule has 164 valence electrons. The van der Waals surface area contributed by atoms with Crippen molar-refractivity contribution < 1.29 is 22.7 Å². The molecule has 0 bridgehead atoms. The minimum Gasteiger partial charge on any atom is -0.478 e. The maximum absolute atomic E-state index is 12.9. The predicted molar refractivity (Wildman–Crippen MR) is 108 cm³/mol. The number of benzene rings is 1. The first-order chi connectivity index (χ1) is 14.2. The van der Waals surface area contributed by atoms with Gasteiger partial charge >= 0.3 is 6.18 Å². The standard InChI is InChI=1S/C21H25ClF3N3O2/c1-3-30-19-10-13(2)27-28(19)12-14-4-7-16(8-5-14)26-20(29)17-11-15(21(23,24)25)6-9-18(17)22/h6,9-11,14,16H,3-5,7-8,12H2,1-2H3,(H,26,29). The third-order valence-corrected chi connectivity index (χ3v) is 5.64. The van der Waals surface area contributed by atoms with Crippen LogP contribution >= 0.6 is 11.6 Å². The quantitative estimate of drug-likeness (QED) is 0.663. The van der Waals surface area contributed by atoms with Gasteiger partial charge in [0.25, 0.3) is 5.91 Å². The van der Waals surface area contributed by atoms with E-state index in [1.807, 2.05) is 24.6 Å². The summed E-state index contributed by atoms with van der Waals surface area (Å²) in [5.74, 6) is 0.578. The zero-order valence-corrected chi connectivity index (χ0v) is 17.7. The molecule has 0 saturated heterocycles. The van der Waals surface area contributed by atoms with Crippen LogP contribution in [0, 0.1) is 12.8 Å². The van der Waals surface area contributed by atoms with Crippen LogP contribution in [0.1, 0.15) is 54.2 Å². The zero-order chi connectivity index (χ0) is 21.9. The Kier molecular flexibility index (Phi) is 6.95. The van der Waals surface area contributed by atoms with E-state index in [-0.39, 0.29) is 16.6 Å². The number of nitrogens with one attached hydrogen (secondary N) is 1. The van der Waals surface area contributed by atoms with E-state index in [9.17, 15) is 18.0 Å². The SMILES string of the molecule is CCOc1cc(C)nn1CC1CCC(NC(=O)c2cc(C(F)(F)F)ccc2Cl)CC1. The summed E-state index contributed by atoms with van der Waals surface area (Å²) >= 11 is 5.97. The highest BCUT2D eigenvalue weighted by atomic mass is 35.5. The first kappa shape index (κ1) is 22.5. The van der Waals surface area contributed by atoms with Gasteiger partial charge in [-0.25, -0.2) is 4.68 Å². The molecule has 1 aromatic carbocycles. The van der Waals surface area contributed by atoms with Crippen LogP contribution in [0.25, 0.3) is 0 Å². The molecule has 9 heteroatoms. The summed E-state index contributed by atoms with van der Waals surface area (Å²) in [6.45, 7) is 5.16. The van der Waals surface area contributed by atoms with Crippen molar-refractivity contribution in [3.63, 3.8) is 0 Å². The highest BCUT2D eigenvalue weighted by molar-refractivity contribution is 6.33. The van der Waals surface area contributed by atoms with E-state index in [2.05, 4.69) is 10.4 Å². The average molecular weight is 444 g/mol. The van der Waals surface area contributed by atoms with Crippen LogP contribution in [-0.2, 0) is 12.7 Å². The summed E-state index contributed by atoms with van der Waals surface area (Å²) in [6, 6.07) is 4.60. The third kappa shape index (κ3) is 5.47. The topological polar surface area (TPSA) is 56.1 Å². The number of hydrogen-bond donors (Lipinski definition) is 1. The molecule has 0 aliphatic heterocycles. The fraction of sp³-hybridized carbons (Fsp3) is 0.524. The fourth-order valence-corrected chi connectivity index (χ4v) is 3.99. The van der Waals surface area contributed by atoms with Gasteiger partial charge in [-0.2, -0.15) is 18.3 Å². The highest BCUT2D eigenvalue weighted by Crippen LogP contribution is 2.32. The van der Waals surface area contributed by atoms with Gasteiger partial charge in [0, 0.05) is 18.7 Å². The van der Waals surface area contributed by atoms with Crippen molar-refractivity contribution in [1.29, 1.82) is 0 Å². The molecule has 0 spiro atoms. The molecule has 1 aliphatic rings. The number of amides is 1. The summed E-state index contributed by atoms with van der Waals surface area (Å²) in [6.07, 6.45) is -1.27. The molecule has 30 heavy (non-hydrogen) atoms. The lowest BCUT2D eigenvalue weighted by atomic mass is 9.86. The van der Waals surface area contributed by atoms with Gasteiger partial charge in [0.05, 0.1) is 28.5 Å². The van der Waals surface area contributed by atoms with E-state index in [0.29, 0.717) is 12.5 Å². The van der Waals surface area contributed by atoms with Gasteiger partial charge in [-0.15, -0.1) is 0 Å². The third-order valence-electron chi connectivity index (χ3n) is 5.31. The smallest absolute Gasteiger partial charge is 0.416 e. The molecule has 1 amide bonds. The molecule has 0 unspecified atom stereocenters. The molecule has 1 saturated carbocycles. The van der Waals surface area contributed by atoms with Crippen LogP contribution in [0.4, 0.5) is 13.2 Å². The monoisotopic (exact) mass is 443 g/mol. The molecule has 1 N–H and O–H groups in total. The Morgan fingerprint density at radius 2 is 1.97 bits per heavy atom. The maximum Gasteiger partial charge on any atom is 0.416 e. The molecular weight excluding hydrogens is 419 g/mol. The molecule has 5 nitrogen and oxygen atoms in total. The zero-order valence-electron chi connectivity index (χ0n) is 16.9.